The van der Waals surface area contributed by atoms with E-state index in [4.69, 9.17) is 23.1 Å². The molecule has 2 aliphatic carbocycles. The molecule has 1 amide bonds. The molecular formula is C16H16ClN5O2. The third kappa shape index (κ3) is 2.78. The summed E-state index contributed by atoms with van der Waals surface area (Å²) < 4.78 is 0. The lowest BCUT2D eigenvalue weighted by Crippen LogP contribution is -2.24. The highest BCUT2D eigenvalue weighted by Crippen LogP contribution is 2.31. The van der Waals surface area contributed by atoms with E-state index in [-0.39, 0.29) is 17.6 Å². The second-order valence-corrected chi connectivity index (χ2v) is 5.93. The number of fused-ring (bicyclic) bond motifs is 3. The van der Waals surface area contributed by atoms with Crippen LogP contribution in [0.3, 0.4) is 0 Å². The fourth-order valence-electron chi connectivity index (χ4n) is 2.70. The molecule has 7 nitrogen and oxygen atoms in total. The Kier molecular flexibility index (Phi) is 4.11. The standard InChI is InChI=1S/C9H13N5O.C7H3ClO/c1-2-7(15)14-3-5-6(4-14)12-9(11)13-8(5)10;8-6-3-4-1-2-5(6)7(4)9/h2-4H2,1H3,(H4,10,11,12,13);1-3H. The molecule has 0 saturated heterocycles. The summed E-state index contributed by atoms with van der Waals surface area (Å²) in [5.74, 6) is 0.701. The van der Waals surface area contributed by atoms with E-state index in [1.165, 1.54) is 0 Å². The van der Waals surface area contributed by atoms with E-state index in [0.29, 0.717) is 35.9 Å². The number of aromatic nitrogens is 2. The molecule has 24 heavy (non-hydrogen) atoms. The van der Waals surface area contributed by atoms with Crippen molar-refractivity contribution >= 4 is 35.1 Å². The first-order valence-corrected chi connectivity index (χ1v) is 7.81. The summed E-state index contributed by atoms with van der Waals surface area (Å²) in [4.78, 5) is 32.0. The highest BCUT2D eigenvalue weighted by molar-refractivity contribution is 6.38. The summed E-state index contributed by atoms with van der Waals surface area (Å²) >= 11 is 5.63. The molecule has 0 atom stereocenters. The SMILES string of the molecule is CCC(=O)N1Cc2nc(N)nc(N)c2C1.O=C1C2=CC(Cl)=C1C=C2. The molecule has 0 saturated carbocycles. The van der Waals surface area contributed by atoms with Crippen LogP contribution < -0.4 is 11.5 Å². The van der Waals surface area contributed by atoms with Crippen molar-refractivity contribution in [3.05, 3.63) is 45.7 Å². The minimum absolute atomic E-state index is 0.0694. The average Bonchev–Trinajstić information content (AvgIpc) is 3.19. The molecule has 0 unspecified atom stereocenters. The van der Waals surface area contributed by atoms with Gasteiger partial charge < -0.3 is 16.4 Å². The fourth-order valence-corrected chi connectivity index (χ4v) is 2.96. The van der Waals surface area contributed by atoms with Crippen LogP contribution in [-0.4, -0.2) is 26.6 Å². The van der Waals surface area contributed by atoms with Gasteiger partial charge in [0.25, 0.3) is 0 Å². The van der Waals surface area contributed by atoms with Crippen LogP contribution in [0, 0.1) is 0 Å². The lowest BCUT2D eigenvalue weighted by Gasteiger charge is -2.12. The molecule has 2 heterocycles. The quantitative estimate of drug-likeness (QED) is 0.796. The Morgan fingerprint density at radius 1 is 1.29 bits per heavy atom. The van der Waals surface area contributed by atoms with Gasteiger partial charge in [0.1, 0.15) is 5.82 Å². The van der Waals surface area contributed by atoms with Crippen molar-refractivity contribution in [1.29, 1.82) is 0 Å². The molecule has 4 rings (SSSR count). The lowest BCUT2D eigenvalue weighted by molar-refractivity contribution is -0.131. The van der Waals surface area contributed by atoms with E-state index in [0.717, 1.165) is 16.8 Å². The van der Waals surface area contributed by atoms with Gasteiger partial charge in [-0.3, -0.25) is 9.59 Å². The first kappa shape index (κ1) is 16.2. The predicted octanol–water partition coefficient (Wildman–Crippen LogP) is 1.45. The van der Waals surface area contributed by atoms with Crippen molar-refractivity contribution in [2.24, 2.45) is 0 Å². The third-order valence-corrected chi connectivity index (χ3v) is 4.28. The molecule has 0 radical (unpaired) electrons. The summed E-state index contributed by atoms with van der Waals surface area (Å²) in [7, 11) is 0. The number of nitrogens with zero attached hydrogens (tertiary/aromatic N) is 3. The lowest BCUT2D eigenvalue weighted by atomic mass is 10.2. The van der Waals surface area contributed by atoms with Gasteiger partial charge >= 0.3 is 0 Å². The zero-order valence-electron chi connectivity index (χ0n) is 13.0. The van der Waals surface area contributed by atoms with Crippen molar-refractivity contribution < 1.29 is 9.59 Å². The number of carbonyl (C=O) groups is 2. The van der Waals surface area contributed by atoms with Crippen molar-refractivity contribution in [1.82, 2.24) is 14.9 Å². The Balaban J connectivity index is 0.000000159. The molecule has 0 spiro atoms. The number of nitrogen functional groups attached to an aromatic ring is 2. The minimum Gasteiger partial charge on any atom is -0.383 e. The van der Waals surface area contributed by atoms with Crippen molar-refractivity contribution in [3.63, 3.8) is 0 Å². The summed E-state index contributed by atoms with van der Waals surface area (Å²) in [6, 6.07) is 0. The molecular weight excluding hydrogens is 330 g/mol. The van der Waals surface area contributed by atoms with Crippen molar-refractivity contribution in [2.75, 3.05) is 11.5 Å². The van der Waals surface area contributed by atoms with Crippen LogP contribution in [0.5, 0.6) is 0 Å². The number of halogens is 1. The maximum Gasteiger partial charge on any atom is 0.222 e. The highest BCUT2D eigenvalue weighted by Gasteiger charge is 2.26. The summed E-state index contributed by atoms with van der Waals surface area (Å²) in [5, 5.41) is 0.581. The Morgan fingerprint density at radius 2 is 2.04 bits per heavy atom. The van der Waals surface area contributed by atoms with Gasteiger partial charge in [-0.2, -0.15) is 4.98 Å². The third-order valence-electron chi connectivity index (χ3n) is 3.96. The smallest absolute Gasteiger partial charge is 0.222 e. The number of rotatable bonds is 1. The normalized spacial score (nSPS) is 17.0. The van der Waals surface area contributed by atoms with E-state index in [1.807, 2.05) is 6.92 Å². The van der Waals surface area contributed by atoms with E-state index in [2.05, 4.69) is 9.97 Å². The Morgan fingerprint density at radius 3 is 2.54 bits per heavy atom. The minimum atomic E-state index is 0.0694. The summed E-state index contributed by atoms with van der Waals surface area (Å²) in [6.07, 6.45) is 5.71. The van der Waals surface area contributed by atoms with Gasteiger partial charge in [-0.05, 0) is 12.2 Å². The first-order chi connectivity index (χ1) is 11.4. The molecule has 1 aromatic heterocycles. The molecule has 124 valence electrons. The van der Waals surface area contributed by atoms with E-state index in [9.17, 15) is 9.59 Å². The summed E-state index contributed by atoms with van der Waals surface area (Å²) in [5.41, 5.74) is 14.1. The van der Waals surface area contributed by atoms with Crippen LogP contribution >= 0.6 is 11.6 Å². The number of hydrogen-bond donors (Lipinski definition) is 2. The number of Topliss-reactive ketones (excluding diaryl/α,β-unsaturated/α-hetero) is 1. The maximum absolute atomic E-state index is 11.5. The first-order valence-electron chi connectivity index (χ1n) is 7.43. The number of amides is 1. The van der Waals surface area contributed by atoms with Crippen LogP contribution in [0.25, 0.3) is 0 Å². The second kappa shape index (κ2) is 6.09. The van der Waals surface area contributed by atoms with Crippen LogP contribution in [0.15, 0.2) is 34.4 Å². The van der Waals surface area contributed by atoms with E-state index in [1.54, 1.807) is 23.1 Å². The highest BCUT2D eigenvalue weighted by atomic mass is 35.5. The Bertz CT molecular complexity index is 841. The largest absolute Gasteiger partial charge is 0.383 e. The molecule has 0 fully saturated rings. The summed E-state index contributed by atoms with van der Waals surface area (Å²) in [6.45, 7) is 2.81. The zero-order chi connectivity index (χ0) is 17.4. The van der Waals surface area contributed by atoms with Gasteiger partial charge in [-0.15, -0.1) is 0 Å². The zero-order valence-corrected chi connectivity index (χ0v) is 13.8. The van der Waals surface area contributed by atoms with E-state index >= 15 is 0 Å². The number of nitrogens with two attached hydrogens (primary N) is 2. The topological polar surface area (TPSA) is 115 Å². The van der Waals surface area contributed by atoms with Crippen molar-refractivity contribution in [3.8, 4) is 0 Å². The molecule has 3 aliphatic rings. The molecule has 2 bridgehead atoms. The van der Waals surface area contributed by atoms with Crippen LogP contribution in [-0.2, 0) is 22.7 Å². The molecule has 8 heteroatoms. The molecule has 1 aliphatic heterocycles. The van der Waals surface area contributed by atoms with Gasteiger partial charge in [0.15, 0.2) is 5.78 Å². The van der Waals surface area contributed by atoms with Gasteiger partial charge in [-0.1, -0.05) is 24.6 Å². The number of hydrogen-bond acceptors (Lipinski definition) is 6. The number of ketones is 1. The van der Waals surface area contributed by atoms with Gasteiger partial charge in [0.2, 0.25) is 11.9 Å². The maximum atomic E-state index is 11.5. The number of anilines is 2. The Labute approximate surface area is 143 Å². The van der Waals surface area contributed by atoms with Crippen LogP contribution in [0.1, 0.15) is 24.6 Å². The average molecular weight is 346 g/mol. The molecule has 0 aromatic carbocycles. The molecule has 1 aromatic rings. The van der Waals surface area contributed by atoms with Gasteiger partial charge in [-0.25, -0.2) is 4.98 Å². The fraction of sp³-hybridized carbons (Fsp3) is 0.250. The van der Waals surface area contributed by atoms with Crippen molar-refractivity contribution in [2.45, 2.75) is 26.4 Å². The van der Waals surface area contributed by atoms with Crippen LogP contribution in [0.4, 0.5) is 11.8 Å². The predicted molar refractivity (Wildman–Crippen MR) is 90.5 cm³/mol. The molecule has 4 N–H and O–H groups in total. The van der Waals surface area contributed by atoms with Gasteiger partial charge in [0.05, 0.1) is 23.8 Å². The second-order valence-electron chi connectivity index (χ2n) is 5.52. The van der Waals surface area contributed by atoms with Crippen LogP contribution in [0.2, 0.25) is 0 Å². The number of carbonyl (C=O) groups excluding carboxylic acids is 2. The monoisotopic (exact) mass is 345 g/mol. The number of allylic oxidation sites excluding steroid dienone is 6. The van der Waals surface area contributed by atoms with E-state index < -0.39 is 0 Å². The Hall–Kier alpha value is -2.67. The van der Waals surface area contributed by atoms with Gasteiger partial charge in [0, 0.05) is 23.1 Å².